The monoisotopic (exact) mass is 448 g/mol. The maximum atomic E-state index is 6.78. The van der Waals surface area contributed by atoms with Crippen molar-refractivity contribution in [2.24, 2.45) is 0 Å². The SMILES string of the molecule is CCCCOc1ccc(N2CCN(Cc3ccccc3)C[C@H]2c2ccc(C)cc2)c(Cl)c1. The summed E-state index contributed by atoms with van der Waals surface area (Å²) in [6, 6.07) is 26.1. The molecule has 3 nitrogen and oxygen atoms in total. The van der Waals surface area contributed by atoms with Crippen molar-refractivity contribution < 1.29 is 4.74 Å². The van der Waals surface area contributed by atoms with Crippen LogP contribution in [-0.4, -0.2) is 31.1 Å². The van der Waals surface area contributed by atoms with Gasteiger partial charge in [0.2, 0.25) is 0 Å². The molecule has 0 spiro atoms. The summed E-state index contributed by atoms with van der Waals surface area (Å²) in [6.07, 6.45) is 2.18. The molecule has 1 aliphatic rings. The number of piperazine rings is 1. The van der Waals surface area contributed by atoms with Crippen molar-refractivity contribution in [2.45, 2.75) is 39.3 Å². The number of hydrogen-bond acceptors (Lipinski definition) is 3. The molecule has 0 N–H and O–H groups in total. The van der Waals surface area contributed by atoms with Crippen LogP contribution in [0.5, 0.6) is 5.75 Å². The number of rotatable bonds is 8. The number of halogens is 1. The van der Waals surface area contributed by atoms with Gasteiger partial charge in [0.25, 0.3) is 0 Å². The summed E-state index contributed by atoms with van der Waals surface area (Å²) >= 11 is 6.78. The number of nitrogens with zero attached hydrogens (tertiary/aromatic N) is 2. The van der Waals surface area contributed by atoms with Gasteiger partial charge in [0, 0.05) is 32.2 Å². The summed E-state index contributed by atoms with van der Waals surface area (Å²) in [5.41, 5.74) is 5.05. The third kappa shape index (κ3) is 5.65. The van der Waals surface area contributed by atoms with Crippen LogP contribution < -0.4 is 9.64 Å². The normalized spacial score (nSPS) is 16.8. The molecular formula is C28H33ClN2O. The number of ether oxygens (including phenoxy) is 1. The Morgan fingerprint density at radius 3 is 2.47 bits per heavy atom. The second-order valence-electron chi connectivity index (χ2n) is 8.66. The van der Waals surface area contributed by atoms with Gasteiger partial charge in [0.15, 0.2) is 0 Å². The summed E-state index contributed by atoms with van der Waals surface area (Å²) in [4.78, 5) is 5.01. The first kappa shape index (κ1) is 22.7. The van der Waals surface area contributed by atoms with Crippen LogP contribution in [0.2, 0.25) is 5.02 Å². The summed E-state index contributed by atoms with van der Waals surface area (Å²) < 4.78 is 5.87. The van der Waals surface area contributed by atoms with E-state index in [1.54, 1.807) is 0 Å². The van der Waals surface area contributed by atoms with Crippen molar-refractivity contribution in [1.29, 1.82) is 0 Å². The third-order valence-corrected chi connectivity index (χ3v) is 6.47. The molecule has 1 saturated heterocycles. The zero-order valence-corrected chi connectivity index (χ0v) is 19.9. The van der Waals surface area contributed by atoms with E-state index in [4.69, 9.17) is 16.3 Å². The molecule has 1 atom stereocenters. The van der Waals surface area contributed by atoms with Crippen LogP contribution in [-0.2, 0) is 6.54 Å². The van der Waals surface area contributed by atoms with Crippen LogP contribution in [0, 0.1) is 6.92 Å². The summed E-state index contributed by atoms with van der Waals surface area (Å²) in [5, 5.41) is 0.757. The molecule has 32 heavy (non-hydrogen) atoms. The van der Waals surface area contributed by atoms with Crippen LogP contribution in [0.4, 0.5) is 5.69 Å². The van der Waals surface area contributed by atoms with Crippen molar-refractivity contribution in [3.05, 3.63) is 94.5 Å². The molecule has 0 aliphatic carbocycles. The summed E-state index contributed by atoms with van der Waals surface area (Å²) in [6.45, 7) is 8.90. The molecule has 0 amide bonds. The van der Waals surface area contributed by atoms with E-state index in [1.165, 1.54) is 16.7 Å². The van der Waals surface area contributed by atoms with Gasteiger partial charge in [0.05, 0.1) is 23.4 Å². The van der Waals surface area contributed by atoms with Crippen LogP contribution in [0.1, 0.15) is 42.5 Å². The molecule has 0 saturated carbocycles. The van der Waals surface area contributed by atoms with Gasteiger partial charge in [-0.3, -0.25) is 4.90 Å². The van der Waals surface area contributed by atoms with Gasteiger partial charge in [-0.25, -0.2) is 0 Å². The molecule has 3 aromatic carbocycles. The number of unbranched alkanes of at least 4 members (excludes halogenated alkanes) is 1. The van der Waals surface area contributed by atoms with E-state index in [1.807, 2.05) is 6.07 Å². The average Bonchev–Trinajstić information content (AvgIpc) is 2.81. The Hall–Kier alpha value is -2.49. The smallest absolute Gasteiger partial charge is 0.120 e. The van der Waals surface area contributed by atoms with Crippen LogP contribution in [0.15, 0.2) is 72.8 Å². The number of anilines is 1. The van der Waals surface area contributed by atoms with Crippen LogP contribution in [0.25, 0.3) is 0 Å². The summed E-state index contributed by atoms with van der Waals surface area (Å²) in [7, 11) is 0. The standard InChI is InChI=1S/C28H33ClN2O/c1-3-4-18-32-25-14-15-27(26(29)19-25)31-17-16-30(20-23-8-6-5-7-9-23)21-28(31)24-12-10-22(2)11-13-24/h5-15,19,28H,3-4,16-18,20-21H2,1-2H3/t28-/m0/s1. The maximum Gasteiger partial charge on any atom is 0.120 e. The fraction of sp³-hybridized carbons (Fsp3) is 0.357. The van der Waals surface area contributed by atoms with Crippen molar-refractivity contribution in [3.8, 4) is 5.75 Å². The number of aryl methyl sites for hydroxylation is 1. The molecule has 168 valence electrons. The number of benzene rings is 3. The Kier molecular flexibility index (Phi) is 7.72. The fourth-order valence-electron chi connectivity index (χ4n) is 4.33. The van der Waals surface area contributed by atoms with Gasteiger partial charge in [0.1, 0.15) is 5.75 Å². The van der Waals surface area contributed by atoms with Crippen molar-refractivity contribution in [1.82, 2.24) is 4.90 Å². The number of hydrogen-bond donors (Lipinski definition) is 0. The molecule has 1 aliphatic heterocycles. The Morgan fingerprint density at radius 2 is 1.75 bits per heavy atom. The molecule has 0 unspecified atom stereocenters. The molecular weight excluding hydrogens is 416 g/mol. The highest BCUT2D eigenvalue weighted by Crippen LogP contribution is 2.37. The molecule has 0 bridgehead atoms. The van der Waals surface area contributed by atoms with Crippen LogP contribution >= 0.6 is 11.6 Å². The van der Waals surface area contributed by atoms with E-state index in [9.17, 15) is 0 Å². The lowest BCUT2D eigenvalue weighted by Gasteiger charge is -2.43. The predicted octanol–water partition coefficient (Wildman–Crippen LogP) is 6.89. The molecule has 1 fully saturated rings. The fourth-order valence-corrected chi connectivity index (χ4v) is 4.61. The van der Waals surface area contributed by atoms with Gasteiger partial charge in [-0.05, 0) is 36.6 Å². The quantitative estimate of drug-likeness (QED) is 0.349. The van der Waals surface area contributed by atoms with Crippen molar-refractivity contribution in [3.63, 3.8) is 0 Å². The van der Waals surface area contributed by atoms with Crippen molar-refractivity contribution in [2.75, 3.05) is 31.1 Å². The Balaban J connectivity index is 1.57. The highest BCUT2D eigenvalue weighted by molar-refractivity contribution is 6.33. The second kappa shape index (κ2) is 10.9. The van der Waals surface area contributed by atoms with E-state index in [0.29, 0.717) is 0 Å². The van der Waals surface area contributed by atoms with Gasteiger partial charge in [-0.15, -0.1) is 0 Å². The lowest BCUT2D eigenvalue weighted by Crippen LogP contribution is -2.48. The minimum absolute atomic E-state index is 0.248. The Labute approximate surface area is 197 Å². The minimum atomic E-state index is 0.248. The van der Waals surface area contributed by atoms with E-state index < -0.39 is 0 Å². The molecule has 1 heterocycles. The Bertz CT molecular complexity index is 990. The first-order valence-corrected chi connectivity index (χ1v) is 12.0. The highest BCUT2D eigenvalue weighted by Gasteiger charge is 2.29. The van der Waals surface area contributed by atoms with Gasteiger partial charge in [-0.1, -0.05) is 85.1 Å². The molecule has 4 rings (SSSR count). The Morgan fingerprint density at radius 1 is 0.969 bits per heavy atom. The first-order valence-electron chi connectivity index (χ1n) is 11.7. The molecule has 3 aromatic rings. The maximum absolute atomic E-state index is 6.78. The lowest BCUT2D eigenvalue weighted by molar-refractivity contribution is 0.215. The lowest BCUT2D eigenvalue weighted by atomic mass is 9.99. The van der Waals surface area contributed by atoms with Crippen LogP contribution in [0.3, 0.4) is 0 Å². The molecule has 0 radical (unpaired) electrons. The minimum Gasteiger partial charge on any atom is -0.494 e. The van der Waals surface area contributed by atoms with E-state index in [0.717, 1.165) is 62.1 Å². The van der Waals surface area contributed by atoms with E-state index in [2.05, 4.69) is 90.4 Å². The predicted molar refractivity (Wildman–Crippen MR) is 135 cm³/mol. The van der Waals surface area contributed by atoms with Gasteiger partial charge >= 0.3 is 0 Å². The van der Waals surface area contributed by atoms with Gasteiger partial charge in [-0.2, -0.15) is 0 Å². The highest BCUT2D eigenvalue weighted by atomic mass is 35.5. The summed E-state index contributed by atoms with van der Waals surface area (Å²) in [5.74, 6) is 0.849. The topological polar surface area (TPSA) is 15.7 Å². The second-order valence-corrected chi connectivity index (χ2v) is 9.06. The third-order valence-electron chi connectivity index (χ3n) is 6.17. The molecule has 4 heteroatoms. The van der Waals surface area contributed by atoms with E-state index >= 15 is 0 Å². The molecule has 0 aromatic heterocycles. The average molecular weight is 449 g/mol. The van der Waals surface area contributed by atoms with Crippen molar-refractivity contribution >= 4 is 17.3 Å². The zero-order valence-electron chi connectivity index (χ0n) is 19.1. The zero-order chi connectivity index (χ0) is 22.3. The largest absolute Gasteiger partial charge is 0.494 e. The first-order chi connectivity index (χ1) is 15.6. The van der Waals surface area contributed by atoms with Gasteiger partial charge < -0.3 is 9.64 Å². The van der Waals surface area contributed by atoms with E-state index in [-0.39, 0.29) is 6.04 Å².